The van der Waals surface area contributed by atoms with Crippen LogP contribution in [0.4, 0.5) is 0 Å². The van der Waals surface area contributed by atoms with Crippen LogP contribution < -0.4 is 4.74 Å². The van der Waals surface area contributed by atoms with E-state index in [2.05, 4.69) is 6.58 Å². The topological polar surface area (TPSA) is 46.5 Å². The fraction of sp³-hybridized carbons (Fsp3) is 0.214. The van der Waals surface area contributed by atoms with Gasteiger partial charge >= 0.3 is 5.97 Å². The van der Waals surface area contributed by atoms with E-state index in [1.807, 2.05) is 25.1 Å². The molecule has 2 rings (SSSR count). The highest BCUT2D eigenvalue weighted by molar-refractivity contribution is 5.85. The molecule has 1 N–H and O–H groups in total. The van der Waals surface area contributed by atoms with Gasteiger partial charge in [0.2, 0.25) is 0 Å². The number of fused-ring (bicyclic) bond motifs is 1. The van der Waals surface area contributed by atoms with Gasteiger partial charge in [0.05, 0.1) is 0 Å². The highest BCUT2D eigenvalue weighted by Crippen LogP contribution is 2.32. The van der Waals surface area contributed by atoms with Crippen LogP contribution in [0.25, 0.3) is 6.08 Å². The number of rotatable bonds is 3. The second-order valence-corrected chi connectivity index (χ2v) is 4.20. The van der Waals surface area contributed by atoms with Gasteiger partial charge < -0.3 is 9.84 Å². The largest absolute Gasteiger partial charge is 0.485 e. The van der Waals surface area contributed by atoms with Crippen molar-refractivity contribution in [2.75, 3.05) is 0 Å². The molecule has 0 spiro atoms. The summed E-state index contributed by atoms with van der Waals surface area (Å²) in [4.78, 5) is 10.4. The number of carboxylic acids is 1. The summed E-state index contributed by atoms with van der Waals surface area (Å²) in [6, 6.07) is 5.68. The molecule has 88 valence electrons. The van der Waals surface area contributed by atoms with E-state index in [1.54, 1.807) is 6.08 Å². The summed E-state index contributed by atoms with van der Waals surface area (Å²) in [5.74, 6) is -0.0768. The van der Waals surface area contributed by atoms with E-state index in [0.29, 0.717) is 0 Å². The molecule has 1 aromatic carbocycles. The Kier molecular flexibility index (Phi) is 3.00. The summed E-state index contributed by atoms with van der Waals surface area (Å²) in [7, 11) is 0. The van der Waals surface area contributed by atoms with Crippen molar-refractivity contribution in [3.8, 4) is 5.75 Å². The Labute approximate surface area is 100 Å². The first-order valence-electron chi connectivity index (χ1n) is 5.42. The zero-order valence-corrected chi connectivity index (χ0v) is 9.64. The van der Waals surface area contributed by atoms with E-state index in [-0.39, 0.29) is 6.10 Å². The minimum absolute atomic E-state index is 0.0451. The lowest BCUT2D eigenvalue weighted by molar-refractivity contribution is -0.131. The molecule has 0 radical (unpaired) electrons. The fourth-order valence-electron chi connectivity index (χ4n) is 1.81. The van der Waals surface area contributed by atoms with E-state index < -0.39 is 5.97 Å². The van der Waals surface area contributed by atoms with Crippen molar-refractivity contribution in [2.24, 2.45) is 0 Å². The van der Waals surface area contributed by atoms with E-state index in [1.165, 1.54) is 0 Å². The van der Waals surface area contributed by atoms with Gasteiger partial charge in [-0.1, -0.05) is 12.6 Å². The first-order chi connectivity index (χ1) is 8.06. The van der Waals surface area contributed by atoms with E-state index in [9.17, 15) is 4.79 Å². The third-order valence-corrected chi connectivity index (χ3v) is 2.73. The number of carbonyl (C=O) groups is 1. The molecule has 0 aromatic heterocycles. The summed E-state index contributed by atoms with van der Waals surface area (Å²) < 4.78 is 5.71. The molecule has 1 aromatic rings. The molecule has 1 heterocycles. The van der Waals surface area contributed by atoms with Gasteiger partial charge in [-0.2, -0.15) is 0 Å². The van der Waals surface area contributed by atoms with Crippen LogP contribution in [0.5, 0.6) is 5.75 Å². The quantitative estimate of drug-likeness (QED) is 0.641. The standard InChI is InChI=1S/C14H14O3/c1-9(2)13-8-11-7-10(4-6-14(15)16)3-5-12(11)17-13/h3-7,13H,1,8H2,2H3,(H,15,16)/t13-/m0/s1. The number of aliphatic carboxylic acids is 1. The molecule has 0 aliphatic carbocycles. The average Bonchev–Trinajstić information content (AvgIpc) is 2.69. The first-order valence-corrected chi connectivity index (χ1v) is 5.42. The van der Waals surface area contributed by atoms with Crippen LogP contribution in [-0.4, -0.2) is 17.2 Å². The second kappa shape index (κ2) is 4.45. The van der Waals surface area contributed by atoms with E-state index in [0.717, 1.165) is 34.9 Å². The molecule has 0 saturated carbocycles. The van der Waals surface area contributed by atoms with Gasteiger partial charge in [-0.05, 0) is 41.8 Å². The van der Waals surface area contributed by atoms with Gasteiger partial charge in [-0.15, -0.1) is 0 Å². The second-order valence-electron chi connectivity index (χ2n) is 4.20. The van der Waals surface area contributed by atoms with Gasteiger partial charge in [0.15, 0.2) is 0 Å². The molecular formula is C14H14O3. The summed E-state index contributed by atoms with van der Waals surface area (Å²) in [5.41, 5.74) is 2.98. The summed E-state index contributed by atoms with van der Waals surface area (Å²) in [6.07, 6.45) is 3.56. The Bertz CT molecular complexity index is 500. The molecule has 1 atom stereocenters. The molecule has 0 bridgehead atoms. The first kappa shape index (κ1) is 11.5. The predicted octanol–water partition coefficient (Wildman–Crippen LogP) is 2.66. The minimum atomic E-state index is -0.943. The Balaban J connectivity index is 2.21. The molecule has 3 nitrogen and oxygen atoms in total. The maximum absolute atomic E-state index is 10.4. The lowest BCUT2D eigenvalue weighted by Gasteiger charge is -2.08. The van der Waals surface area contributed by atoms with Gasteiger partial charge in [0.25, 0.3) is 0 Å². The number of ether oxygens (including phenoxy) is 1. The van der Waals surface area contributed by atoms with Crippen molar-refractivity contribution in [1.82, 2.24) is 0 Å². The van der Waals surface area contributed by atoms with Crippen molar-refractivity contribution in [3.63, 3.8) is 0 Å². The molecular weight excluding hydrogens is 216 g/mol. The van der Waals surface area contributed by atoms with Crippen molar-refractivity contribution >= 4 is 12.0 Å². The van der Waals surface area contributed by atoms with Crippen molar-refractivity contribution in [1.29, 1.82) is 0 Å². The van der Waals surface area contributed by atoms with Crippen LogP contribution in [0.15, 0.2) is 36.4 Å². The maximum Gasteiger partial charge on any atom is 0.328 e. The lowest BCUT2D eigenvalue weighted by Crippen LogP contribution is -2.13. The Morgan fingerprint density at radius 3 is 3.00 bits per heavy atom. The fourth-order valence-corrected chi connectivity index (χ4v) is 1.81. The van der Waals surface area contributed by atoms with Gasteiger partial charge in [-0.25, -0.2) is 4.79 Å². The highest BCUT2D eigenvalue weighted by Gasteiger charge is 2.22. The maximum atomic E-state index is 10.4. The van der Waals surface area contributed by atoms with Gasteiger partial charge in [-0.3, -0.25) is 0 Å². The smallest absolute Gasteiger partial charge is 0.328 e. The number of hydrogen-bond donors (Lipinski definition) is 1. The molecule has 0 fully saturated rings. The monoisotopic (exact) mass is 230 g/mol. The number of carboxylic acid groups (broad SMARTS) is 1. The molecule has 17 heavy (non-hydrogen) atoms. The number of benzene rings is 1. The van der Waals surface area contributed by atoms with Crippen LogP contribution in [-0.2, 0) is 11.2 Å². The minimum Gasteiger partial charge on any atom is -0.485 e. The normalized spacial score (nSPS) is 17.8. The lowest BCUT2D eigenvalue weighted by atomic mass is 10.0. The molecule has 0 saturated heterocycles. The van der Waals surface area contributed by atoms with Crippen molar-refractivity contribution in [3.05, 3.63) is 47.6 Å². The molecule has 1 aliphatic heterocycles. The predicted molar refractivity (Wildman–Crippen MR) is 66.0 cm³/mol. The van der Waals surface area contributed by atoms with Crippen molar-refractivity contribution < 1.29 is 14.6 Å². The average molecular weight is 230 g/mol. The number of hydrogen-bond acceptors (Lipinski definition) is 2. The molecule has 3 heteroatoms. The summed E-state index contributed by atoms with van der Waals surface area (Å²) in [6.45, 7) is 5.83. The highest BCUT2D eigenvalue weighted by atomic mass is 16.5. The molecule has 0 amide bonds. The summed E-state index contributed by atoms with van der Waals surface area (Å²) >= 11 is 0. The van der Waals surface area contributed by atoms with E-state index >= 15 is 0 Å². The Morgan fingerprint density at radius 1 is 1.59 bits per heavy atom. The van der Waals surface area contributed by atoms with Crippen molar-refractivity contribution in [2.45, 2.75) is 19.4 Å². The van der Waals surface area contributed by atoms with Crippen LogP contribution >= 0.6 is 0 Å². The zero-order chi connectivity index (χ0) is 12.4. The third kappa shape index (κ3) is 2.56. The molecule has 1 aliphatic rings. The Hall–Kier alpha value is -2.03. The zero-order valence-electron chi connectivity index (χ0n) is 9.64. The molecule has 0 unspecified atom stereocenters. The van der Waals surface area contributed by atoms with Gasteiger partial charge in [0, 0.05) is 12.5 Å². The van der Waals surface area contributed by atoms with E-state index in [4.69, 9.17) is 9.84 Å². The van der Waals surface area contributed by atoms with Crippen LogP contribution in [0, 0.1) is 0 Å². The van der Waals surface area contributed by atoms with Crippen LogP contribution in [0.2, 0.25) is 0 Å². The van der Waals surface area contributed by atoms with Crippen LogP contribution in [0.1, 0.15) is 18.1 Å². The summed E-state index contributed by atoms with van der Waals surface area (Å²) in [5, 5.41) is 8.56. The SMILES string of the molecule is C=C(C)[C@@H]1Cc2cc(C=CC(=O)O)ccc2O1. The Morgan fingerprint density at radius 2 is 2.35 bits per heavy atom. The third-order valence-electron chi connectivity index (χ3n) is 2.73. The van der Waals surface area contributed by atoms with Gasteiger partial charge in [0.1, 0.15) is 11.9 Å². The van der Waals surface area contributed by atoms with Crippen LogP contribution in [0.3, 0.4) is 0 Å².